The van der Waals surface area contributed by atoms with Gasteiger partial charge in [-0.05, 0) is 53.9 Å². The molecule has 0 fully saturated rings. The Bertz CT molecular complexity index is 1250. The van der Waals surface area contributed by atoms with Crippen molar-refractivity contribution in [3.05, 3.63) is 96.3 Å². The van der Waals surface area contributed by atoms with E-state index in [4.69, 9.17) is 0 Å². The van der Waals surface area contributed by atoms with E-state index in [0.29, 0.717) is 18.1 Å². The molecule has 0 saturated heterocycles. The third-order valence-corrected chi connectivity index (χ3v) is 5.96. The number of hydrogen-bond donors (Lipinski definition) is 2. The van der Waals surface area contributed by atoms with Gasteiger partial charge in [0.15, 0.2) is 5.82 Å². The average molecular weight is 483 g/mol. The maximum absolute atomic E-state index is 13.3. The molecule has 2 N–H and O–H groups in total. The van der Waals surface area contributed by atoms with Crippen LogP contribution in [0.5, 0.6) is 5.75 Å². The lowest BCUT2D eigenvalue weighted by molar-refractivity contribution is -0.139. The predicted molar refractivity (Wildman–Crippen MR) is 129 cm³/mol. The van der Waals surface area contributed by atoms with Gasteiger partial charge in [0.25, 0.3) is 0 Å². The van der Waals surface area contributed by atoms with Gasteiger partial charge < -0.3 is 14.7 Å². The summed E-state index contributed by atoms with van der Waals surface area (Å²) in [4.78, 5) is 10.8. The summed E-state index contributed by atoms with van der Waals surface area (Å²) in [7, 11) is 1.96. The molecule has 34 heavy (non-hydrogen) atoms. The Morgan fingerprint density at radius 1 is 0.912 bits per heavy atom. The number of benzene rings is 3. The molecule has 0 aliphatic carbocycles. The van der Waals surface area contributed by atoms with E-state index in [1.54, 1.807) is 24.4 Å². The van der Waals surface area contributed by atoms with Crippen molar-refractivity contribution in [2.45, 2.75) is 17.6 Å². The van der Waals surface area contributed by atoms with Crippen LogP contribution in [-0.4, -0.2) is 22.1 Å². The number of alkyl halides is 3. The van der Waals surface area contributed by atoms with Gasteiger partial charge in [-0.25, -0.2) is 4.98 Å². The summed E-state index contributed by atoms with van der Waals surface area (Å²) in [6.07, 6.45) is -1.41. The molecule has 0 spiro atoms. The highest BCUT2D eigenvalue weighted by atomic mass is 32.2. The lowest BCUT2D eigenvalue weighted by Gasteiger charge is -2.19. The summed E-state index contributed by atoms with van der Waals surface area (Å²) in [5.41, 5.74) is 2.65. The third-order valence-electron chi connectivity index (χ3n) is 5.09. The normalized spacial score (nSPS) is 11.3. The molecule has 0 amide bonds. The fourth-order valence-corrected chi connectivity index (χ4v) is 4.15. The van der Waals surface area contributed by atoms with Crippen LogP contribution in [0.15, 0.2) is 90.1 Å². The lowest BCUT2D eigenvalue weighted by atomic mass is 10.1. The van der Waals surface area contributed by atoms with Gasteiger partial charge in [-0.1, -0.05) is 36.4 Å². The molecule has 1 heterocycles. The van der Waals surface area contributed by atoms with Gasteiger partial charge in [-0.3, -0.25) is 4.98 Å². The molecule has 0 aliphatic heterocycles. The van der Waals surface area contributed by atoms with Crippen molar-refractivity contribution in [2.24, 2.45) is 0 Å². The third kappa shape index (κ3) is 5.60. The fraction of sp³-hybridized carbons (Fsp3) is 0.120. The SMILES string of the molecule is CN(Cc1ccc(-c2nccnc2NSc2ccccc2C(F)(F)F)cc1)c1ccc(O)cc1. The van der Waals surface area contributed by atoms with Crippen LogP contribution in [0.1, 0.15) is 11.1 Å². The minimum Gasteiger partial charge on any atom is -0.508 e. The molecule has 0 atom stereocenters. The number of anilines is 2. The Morgan fingerprint density at radius 3 is 2.29 bits per heavy atom. The number of halogens is 3. The first-order valence-electron chi connectivity index (χ1n) is 10.3. The van der Waals surface area contributed by atoms with E-state index in [2.05, 4.69) is 19.6 Å². The Hall–Kier alpha value is -3.72. The van der Waals surface area contributed by atoms with Gasteiger partial charge in [0.2, 0.25) is 0 Å². The molecule has 0 saturated carbocycles. The van der Waals surface area contributed by atoms with E-state index >= 15 is 0 Å². The zero-order valence-electron chi connectivity index (χ0n) is 18.1. The minimum atomic E-state index is -4.44. The molecular weight excluding hydrogens is 461 g/mol. The van der Waals surface area contributed by atoms with E-state index in [1.165, 1.54) is 18.3 Å². The molecule has 5 nitrogen and oxygen atoms in total. The Labute approximate surface area is 199 Å². The van der Waals surface area contributed by atoms with Crippen LogP contribution in [0.25, 0.3) is 11.3 Å². The minimum absolute atomic E-state index is 0.0548. The Kier molecular flexibility index (Phi) is 6.93. The Balaban J connectivity index is 1.49. The van der Waals surface area contributed by atoms with Crippen molar-refractivity contribution >= 4 is 23.5 Å². The monoisotopic (exact) mass is 482 g/mol. The number of phenols is 1. The van der Waals surface area contributed by atoms with Gasteiger partial charge >= 0.3 is 6.18 Å². The molecule has 9 heteroatoms. The molecule has 4 aromatic rings. The van der Waals surface area contributed by atoms with Crippen molar-refractivity contribution in [3.63, 3.8) is 0 Å². The summed E-state index contributed by atoms with van der Waals surface area (Å²) in [6, 6.07) is 20.1. The van der Waals surface area contributed by atoms with E-state index in [-0.39, 0.29) is 10.6 Å². The zero-order chi connectivity index (χ0) is 24.1. The first-order chi connectivity index (χ1) is 16.3. The second kappa shape index (κ2) is 10.0. The number of phenolic OH excluding ortho intramolecular Hbond substituents is 1. The highest BCUT2D eigenvalue weighted by Gasteiger charge is 2.33. The van der Waals surface area contributed by atoms with Gasteiger partial charge in [0.05, 0.1) is 5.56 Å². The number of nitrogens with one attached hydrogen (secondary N) is 1. The highest BCUT2D eigenvalue weighted by Crippen LogP contribution is 2.37. The second-order valence-electron chi connectivity index (χ2n) is 7.52. The van der Waals surface area contributed by atoms with Crippen molar-refractivity contribution in [1.29, 1.82) is 0 Å². The summed E-state index contributed by atoms with van der Waals surface area (Å²) in [5.74, 6) is 0.591. The molecule has 3 aromatic carbocycles. The first-order valence-corrected chi connectivity index (χ1v) is 11.1. The number of hydrogen-bond acceptors (Lipinski definition) is 6. The summed E-state index contributed by atoms with van der Waals surface area (Å²) >= 11 is 0.849. The van der Waals surface area contributed by atoms with Crippen LogP contribution >= 0.6 is 11.9 Å². The molecular formula is C25H21F3N4OS. The Morgan fingerprint density at radius 2 is 1.59 bits per heavy atom. The largest absolute Gasteiger partial charge is 0.508 e. The van der Waals surface area contributed by atoms with Gasteiger partial charge in [-0.15, -0.1) is 0 Å². The van der Waals surface area contributed by atoms with Crippen LogP contribution in [0.3, 0.4) is 0 Å². The summed E-state index contributed by atoms with van der Waals surface area (Å²) in [5, 5.41) is 9.46. The molecule has 1 aromatic heterocycles. The number of nitrogens with zero attached hydrogens (tertiary/aromatic N) is 3. The van der Waals surface area contributed by atoms with Crippen molar-refractivity contribution in [2.75, 3.05) is 16.7 Å². The molecule has 4 rings (SSSR count). The number of rotatable bonds is 7. The topological polar surface area (TPSA) is 61.3 Å². The standard InChI is InChI=1S/C25H21F3N4OS/c1-32(19-10-12-20(33)13-11-19)16-17-6-8-18(9-7-17)23-24(30-15-14-29-23)31-34-22-5-3-2-4-21(22)25(26,27)28/h2-15,33H,16H2,1H3,(H,30,31). The van der Waals surface area contributed by atoms with Crippen LogP contribution in [-0.2, 0) is 12.7 Å². The lowest BCUT2D eigenvalue weighted by Crippen LogP contribution is -2.16. The van der Waals surface area contributed by atoms with Gasteiger partial charge in [0.1, 0.15) is 11.4 Å². The van der Waals surface area contributed by atoms with Crippen LogP contribution in [0, 0.1) is 0 Å². The van der Waals surface area contributed by atoms with Crippen molar-refractivity contribution in [1.82, 2.24) is 9.97 Å². The predicted octanol–water partition coefficient (Wildman–Crippen LogP) is 6.62. The van der Waals surface area contributed by atoms with E-state index in [0.717, 1.165) is 34.8 Å². The number of aromatic nitrogens is 2. The molecule has 0 radical (unpaired) electrons. The highest BCUT2D eigenvalue weighted by molar-refractivity contribution is 8.00. The van der Waals surface area contributed by atoms with E-state index in [9.17, 15) is 18.3 Å². The smallest absolute Gasteiger partial charge is 0.417 e. The van der Waals surface area contributed by atoms with Crippen LogP contribution < -0.4 is 9.62 Å². The molecule has 0 aliphatic rings. The van der Waals surface area contributed by atoms with Crippen LogP contribution in [0.4, 0.5) is 24.7 Å². The fourth-order valence-electron chi connectivity index (χ4n) is 3.36. The van der Waals surface area contributed by atoms with Crippen molar-refractivity contribution in [3.8, 4) is 17.0 Å². The number of aromatic hydroxyl groups is 1. The maximum Gasteiger partial charge on any atom is 0.417 e. The maximum atomic E-state index is 13.3. The van der Waals surface area contributed by atoms with Gasteiger partial charge in [0, 0.05) is 42.1 Å². The van der Waals surface area contributed by atoms with Crippen molar-refractivity contribution < 1.29 is 18.3 Å². The van der Waals surface area contributed by atoms with Crippen LogP contribution in [0.2, 0.25) is 0 Å². The summed E-state index contributed by atoms with van der Waals surface area (Å²) < 4.78 is 42.8. The van der Waals surface area contributed by atoms with E-state index in [1.807, 2.05) is 43.4 Å². The quantitative estimate of drug-likeness (QED) is 0.289. The summed E-state index contributed by atoms with van der Waals surface area (Å²) in [6.45, 7) is 0.653. The molecule has 0 bridgehead atoms. The zero-order valence-corrected chi connectivity index (χ0v) is 18.9. The molecule has 174 valence electrons. The molecule has 0 unspecified atom stereocenters. The average Bonchev–Trinajstić information content (AvgIpc) is 2.83. The first kappa shape index (κ1) is 23.4. The van der Waals surface area contributed by atoms with E-state index < -0.39 is 11.7 Å². The van der Waals surface area contributed by atoms with Gasteiger partial charge in [-0.2, -0.15) is 13.2 Å². The second-order valence-corrected chi connectivity index (χ2v) is 8.37.